The molecule has 0 aromatic rings. The number of hydrogen-bond donors (Lipinski definition) is 2. The zero-order valence-corrected chi connectivity index (χ0v) is 6.90. The quantitative estimate of drug-likeness (QED) is 0.541. The fourth-order valence-electron chi connectivity index (χ4n) is 1.88. The standard InChI is InChI=1S/C9H16N2/c1-2-5-9-8(4-1)10-6-3-7-11-9/h4,9-11H,1-3,5-7H2. The molecule has 0 bridgehead atoms. The molecule has 0 spiro atoms. The third kappa shape index (κ3) is 1.56. The highest BCUT2D eigenvalue weighted by Gasteiger charge is 2.18. The average Bonchev–Trinajstić information content (AvgIpc) is 2.28. The number of rotatable bonds is 0. The maximum absolute atomic E-state index is 3.55. The van der Waals surface area contributed by atoms with Gasteiger partial charge in [0.05, 0.1) is 0 Å². The largest absolute Gasteiger partial charge is 0.387 e. The van der Waals surface area contributed by atoms with Gasteiger partial charge in [0.15, 0.2) is 0 Å². The van der Waals surface area contributed by atoms with Gasteiger partial charge in [-0.05, 0) is 32.2 Å². The SMILES string of the molecule is C1=C2NCCCNC2CCC1. The Morgan fingerprint density at radius 2 is 2.27 bits per heavy atom. The Morgan fingerprint density at radius 3 is 3.27 bits per heavy atom. The molecule has 1 aliphatic heterocycles. The molecule has 1 atom stereocenters. The first kappa shape index (κ1) is 7.17. The van der Waals surface area contributed by atoms with Crippen molar-refractivity contribution in [2.24, 2.45) is 0 Å². The smallest absolute Gasteiger partial charge is 0.0466 e. The van der Waals surface area contributed by atoms with Crippen LogP contribution >= 0.6 is 0 Å². The second-order valence-electron chi connectivity index (χ2n) is 3.38. The van der Waals surface area contributed by atoms with E-state index in [1.165, 1.54) is 37.9 Å². The van der Waals surface area contributed by atoms with Gasteiger partial charge in [0.2, 0.25) is 0 Å². The highest BCUT2D eigenvalue weighted by atomic mass is 15.0. The fourth-order valence-corrected chi connectivity index (χ4v) is 1.88. The zero-order chi connectivity index (χ0) is 7.52. The molecule has 1 saturated heterocycles. The average molecular weight is 152 g/mol. The van der Waals surface area contributed by atoms with Crippen LogP contribution < -0.4 is 10.6 Å². The molecule has 62 valence electrons. The van der Waals surface area contributed by atoms with Crippen LogP contribution in [0.1, 0.15) is 25.7 Å². The van der Waals surface area contributed by atoms with Crippen LogP contribution in [0.25, 0.3) is 0 Å². The van der Waals surface area contributed by atoms with Gasteiger partial charge in [-0.15, -0.1) is 0 Å². The monoisotopic (exact) mass is 152 g/mol. The lowest BCUT2D eigenvalue weighted by Gasteiger charge is -2.23. The number of nitrogens with one attached hydrogen (secondary N) is 2. The Kier molecular flexibility index (Phi) is 2.13. The molecule has 2 aliphatic rings. The number of fused-ring (bicyclic) bond motifs is 1. The molecule has 1 unspecified atom stereocenters. The molecule has 1 fully saturated rings. The molecule has 2 nitrogen and oxygen atoms in total. The Balaban J connectivity index is 2.07. The molecule has 1 aliphatic carbocycles. The first-order valence-corrected chi connectivity index (χ1v) is 4.64. The Hall–Kier alpha value is -0.500. The summed E-state index contributed by atoms with van der Waals surface area (Å²) in [5.74, 6) is 0. The summed E-state index contributed by atoms with van der Waals surface area (Å²) in [5, 5.41) is 7.03. The molecule has 11 heavy (non-hydrogen) atoms. The zero-order valence-electron chi connectivity index (χ0n) is 6.90. The molecule has 0 aromatic carbocycles. The van der Waals surface area contributed by atoms with E-state index in [0.29, 0.717) is 6.04 Å². The maximum atomic E-state index is 3.55. The van der Waals surface area contributed by atoms with Gasteiger partial charge in [-0.25, -0.2) is 0 Å². The van der Waals surface area contributed by atoms with E-state index in [1.54, 1.807) is 0 Å². The second-order valence-corrected chi connectivity index (χ2v) is 3.38. The van der Waals surface area contributed by atoms with Crippen LogP contribution in [-0.4, -0.2) is 19.1 Å². The van der Waals surface area contributed by atoms with Crippen molar-refractivity contribution in [1.82, 2.24) is 10.6 Å². The lowest BCUT2D eigenvalue weighted by Crippen LogP contribution is -2.34. The van der Waals surface area contributed by atoms with E-state index in [4.69, 9.17) is 0 Å². The predicted octanol–water partition coefficient (Wildman–Crippen LogP) is 1.01. The molecular weight excluding hydrogens is 136 g/mol. The summed E-state index contributed by atoms with van der Waals surface area (Å²) in [6.07, 6.45) is 7.54. The minimum Gasteiger partial charge on any atom is -0.387 e. The van der Waals surface area contributed by atoms with E-state index in [1.807, 2.05) is 0 Å². The lowest BCUT2D eigenvalue weighted by atomic mass is 9.99. The third-order valence-corrected chi connectivity index (χ3v) is 2.51. The highest BCUT2D eigenvalue weighted by molar-refractivity contribution is 5.12. The molecule has 0 amide bonds. The molecule has 2 N–H and O–H groups in total. The van der Waals surface area contributed by atoms with E-state index in [-0.39, 0.29) is 0 Å². The summed E-state index contributed by atoms with van der Waals surface area (Å²) >= 11 is 0. The van der Waals surface area contributed by atoms with Gasteiger partial charge in [0.25, 0.3) is 0 Å². The Morgan fingerprint density at radius 1 is 1.27 bits per heavy atom. The fraction of sp³-hybridized carbons (Fsp3) is 0.778. The van der Waals surface area contributed by atoms with Gasteiger partial charge >= 0.3 is 0 Å². The van der Waals surface area contributed by atoms with Crippen LogP contribution in [0.15, 0.2) is 11.8 Å². The third-order valence-electron chi connectivity index (χ3n) is 2.51. The summed E-state index contributed by atoms with van der Waals surface area (Å²) in [7, 11) is 0. The summed E-state index contributed by atoms with van der Waals surface area (Å²) in [6.45, 7) is 2.32. The van der Waals surface area contributed by atoms with Crippen molar-refractivity contribution < 1.29 is 0 Å². The van der Waals surface area contributed by atoms with Crippen molar-refractivity contribution >= 4 is 0 Å². The maximum Gasteiger partial charge on any atom is 0.0466 e. The molecule has 0 aromatic heterocycles. The van der Waals surface area contributed by atoms with Crippen molar-refractivity contribution in [2.45, 2.75) is 31.7 Å². The van der Waals surface area contributed by atoms with Crippen LogP contribution in [0.4, 0.5) is 0 Å². The van der Waals surface area contributed by atoms with E-state index in [0.717, 1.165) is 6.54 Å². The molecule has 1 heterocycles. The van der Waals surface area contributed by atoms with Crippen LogP contribution in [0.2, 0.25) is 0 Å². The van der Waals surface area contributed by atoms with E-state index >= 15 is 0 Å². The first-order valence-electron chi connectivity index (χ1n) is 4.64. The van der Waals surface area contributed by atoms with Gasteiger partial charge in [0, 0.05) is 18.3 Å². The van der Waals surface area contributed by atoms with Crippen LogP contribution in [0, 0.1) is 0 Å². The predicted molar refractivity (Wildman–Crippen MR) is 46.3 cm³/mol. The van der Waals surface area contributed by atoms with Gasteiger partial charge < -0.3 is 10.6 Å². The molecule has 2 heteroatoms. The second kappa shape index (κ2) is 3.26. The van der Waals surface area contributed by atoms with Crippen molar-refractivity contribution in [3.63, 3.8) is 0 Å². The van der Waals surface area contributed by atoms with E-state index in [2.05, 4.69) is 16.7 Å². The lowest BCUT2D eigenvalue weighted by molar-refractivity contribution is 0.506. The first-order chi connectivity index (χ1) is 5.47. The minimum absolute atomic E-state index is 0.645. The van der Waals surface area contributed by atoms with Gasteiger partial charge in [-0.3, -0.25) is 0 Å². The van der Waals surface area contributed by atoms with Gasteiger partial charge in [-0.1, -0.05) is 6.08 Å². The van der Waals surface area contributed by atoms with Crippen molar-refractivity contribution in [3.05, 3.63) is 11.8 Å². The van der Waals surface area contributed by atoms with Gasteiger partial charge in [-0.2, -0.15) is 0 Å². The van der Waals surface area contributed by atoms with E-state index in [9.17, 15) is 0 Å². The summed E-state index contributed by atoms with van der Waals surface area (Å²) in [6, 6.07) is 0.645. The highest BCUT2D eigenvalue weighted by Crippen LogP contribution is 2.17. The molecule has 0 radical (unpaired) electrons. The number of hydrogen-bond acceptors (Lipinski definition) is 2. The number of allylic oxidation sites excluding steroid dienone is 1. The molecule has 0 saturated carbocycles. The molecule has 2 rings (SSSR count). The topological polar surface area (TPSA) is 24.1 Å². The summed E-state index contributed by atoms with van der Waals surface area (Å²) < 4.78 is 0. The van der Waals surface area contributed by atoms with Crippen LogP contribution in [0.5, 0.6) is 0 Å². The Labute approximate surface area is 68.1 Å². The normalized spacial score (nSPS) is 31.3. The van der Waals surface area contributed by atoms with Crippen molar-refractivity contribution in [1.29, 1.82) is 0 Å². The van der Waals surface area contributed by atoms with Gasteiger partial charge in [0.1, 0.15) is 0 Å². The summed E-state index contributed by atoms with van der Waals surface area (Å²) in [4.78, 5) is 0. The van der Waals surface area contributed by atoms with E-state index < -0.39 is 0 Å². The van der Waals surface area contributed by atoms with Crippen molar-refractivity contribution in [2.75, 3.05) is 13.1 Å². The summed E-state index contributed by atoms with van der Waals surface area (Å²) in [5.41, 5.74) is 1.45. The van der Waals surface area contributed by atoms with Crippen molar-refractivity contribution in [3.8, 4) is 0 Å². The van der Waals surface area contributed by atoms with Crippen LogP contribution in [-0.2, 0) is 0 Å². The minimum atomic E-state index is 0.645. The Bertz CT molecular complexity index is 163. The van der Waals surface area contributed by atoms with Crippen LogP contribution in [0.3, 0.4) is 0 Å². The molecular formula is C9H16N2.